The van der Waals surface area contributed by atoms with Crippen LogP contribution in [-0.2, 0) is 4.79 Å². The smallest absolute Gasteiger partial charge is 0.260 e. The van der Waals surface area contributed by atoms with Gasteiger partial charge in [0.15, 0.2) is 6.10 Å². The van der Waals surface area contributed by atoms with Crippen molar-refractivity contribution in [2.45, 2.75) is 40.2 Å². The van der Waals surface area contributed by atoms with Gasteiger partial charge in [0.05, 0.1) is 0 Å². The highest BCUT2D eigenvalue weighted by Crippen LogP contribution is 2.24. The van der Waals surface area contributed by atoms with Crippen molar-refractivity contribution < 1.29 is 9.53 Å². The first-order valence-electron chi connectivity index (χ1n) is 7.48. The third-order valence-electron chi connectivity index (χ3n) is 3.52. The molecule has 1 aromatic carbocycles. The van der Waals surface area contributed by atoms with Crippen molar-refractivity contribution in [1.82, 2.24) is 10.2 Å². The molecule has 0 spiro atoms. The van der Waals surface area contributed by atoms with Crippen LogP contribution in [0.1, 0.15) is 30.0 Å². The Labute approximate surface area is 128 Å². The molecule has 21 heavy (non-hydrogen) atoms. The van der Waals surface area contributed by atoms with Crippen LogP contribution in [0.4, 0.5) is 0 Å². The van der Waals surface area contributed by atoms with Gasteiger partial charge in [-0.1, -0.05) is 6.07 Å². The van der Waals surface area contributed by atoms with E-state index in [1.54, 1.807) is 6.92 Å². The number of aryl methyl sites for hydroxylation is 2. The first kappa shape index (κ1) is 17.5. The van der Waals surface area contributed by atoms with E-state index in [4.69, 9.17) is 4.74 Å². The zero-order chi connectivity index (χ0) is 16.0. The fraction of sp³-hybridized carbons (Fsp3) is 0.588. The maximum Gasteiger partial charge on any atom is 0.260 e. The summed E-state index contributed by atoms with van der Waals surface area (Å²) in [6.07, 6.45) is 0.456. The Hall–Kier alpha value is -1.55. The van der Waals surface area contributed by atoms with Gasteiger partial charge in [0, 0.05) is 6.54 Å². The van der Waals surface area contributed by atoms with Gasteiger partial charge in [-0.3, -0.25) is 4.79 Å². The molecule has 0 aliphatic carbocycles. The van der Waals surface area contributed by atoms with Gasteiger partial charge in [-0.2, -0.15) is 0 Å². The monoisotopic (exact) mass is 292 g/mol. The molecule has 0 bridgehead atoms. The number of carbonyl (C=O) groups is 1. The summed E-state index contributed by atoms with van der Waals surface area (Å²) >= 11 is 0. The second-order valence-electron chi connectivity index (χ2n) is 5.91. The molecule has 0 aromatic heterocycles. The molecule has 0 saturated carbocycles. The van der Waals surface area contributed by atoms with E-state index in [1.807, 2.05) is 34.0 Å². The summed E-state index contributed by atoms with van der Waals surface area (Å²) in [5.74, 6) is 0.732. The predicted octanol–water partition coefficient (Wildman–Crippen LogP) is 2.45. The Morgan fingerprint density at radius 1 is 1.29 bits per heavy atom. The molecule has 0 aliphatic rings. The van der Waals surface area contributed by atoms with Gasteiger partial charge < -0.3 is 15.0 Å². The normalized spacial score (nSPS) is 12.3. The molecule has 0 heterocycles. The number of hydrogen-bond donors (Lipinski definition) is 1. The Bertz CT molecular complexity index is 484. The molecular formula is C17H28N2O2. The topological polar surface area (TPSA) is 41.6 Å². The first-order valence-corrected chi connectivity index (χ1v) is 7.48. The summed E-state index contributed by atoms with van der Waals surface area (Å²) in [7, 11) is 4.05. The maximum absolute atomic E-state index is 12.0. The second kappa shape index (κ2) is 8.03. The summed E-state index contributed by atoms with van der Waals surface area (Å²) in [4.78, 5) is 14.1. The lowest BCUT2D eigenvalue weighted by Gasteiger charge is -2.18. The molecule has 4 nitrogen and oxygen atoms in total. The Morgan fingerprint density at radius 2 is 1.95 bits per heavy atom. The van der Waals surface area contributed by atoms with Crippen LogP contribution < -0.4 is 10.1 Å². The minimum Gasteiger partial charge on any atom is -0.481 e. The van der Waals surface area contributed by atoms with E-state index in [0.29, 0.717) is 6.54 Å². The number of ether oxygens (including phenoxy) is 1. The SMILES string of the molecule is Cc1cc(C)c(C)c(O[C@@H](C)C(=O)NCCCN(C)C)c1. The van der Waals surface area contributed by atoms with Crippen molar-refractivity contribution in [2.24, 2.45) is 0 Å². The second-order valence-corrected chi connectivity index (χ2v) is 5.91. The number of benzene rings is 1. The number of amides is 1. The average Bonchev–Trinajstić information content (AvgIpc) is 2.39. The molecule has 0 aliphatic heterocycles. The van der Waals surface area contributed by atoms with Gasteiger partial charge in [-0.25, -0.2) is 0 Å². The lowest BCUT2D eigenvalue weighted by Crippen LogP contribution is -2.37. The van der Waals surface area contributed by atoms with Crippen LogP contribution in [0.3, 0.4) is 0 Å². The molecule has 4 heteroatoms. The van der Waals surface area contributed by atoms with Crippen LogP contribution in [0, 0.1) is 20.8 Å². The molecule has 0 radical (unpaired) electrons. The highest BCUT2D eigenvalue weighted by Gasteiger charge is 2.15. The third-order valence-corrected chi connectivity index (χ3v) is 3.52. The predicted molar refractivity (Wildman–Crippen MR) is 86.9 cm³/mol. The summed E-state index contributed by atoms with van der Waals surface area (Å²) in [6, 6.07) is 4.10. The number of nitrogens with one attached hydrogen (secondary N) is 1. The van der Waals surface area contributed by atoms with E-state index < -0.39 is 6.10 Å². The Morgan fingerprint density at radius 3 is 2.57 bits per heavy atom. The highest BCUT2D eigenvalue weighted by molar-refractivity contribution is 5.80. The van der Waals surface area contributed by atoms with E-state index >= 15 is 0 Å². The Kier molecular flexibility index (Phi) is 6.69. The van der Waals surface area contributed by atoms with Crippen molar-refractivity contribution >= 4 is 5.91 Å². The minimum absolute atomic E-state index is 0.0627. The van der Waals surface area contributed by atoms with E-state index in [2.05, 4.69) is 23.2 Å². The quantitative estimate of drug-likeness (QED) is 0.785. The van der Waals surface area contributed by atoms with E-state index in [0.717, 1.165) is 29.8 Å². The zero-order valence-corrected chi connectivity index (χ0v) is 14.1. The molecule has 1 rings (SSSR count). The van der Waals surface area contributed by atoms with E-state index in [9.17, 15) is 4.79 Å². The number of rotatable bonds is 7. The van der Waals surface area contributed by atoms with Gasteiger partial charge in [-0.15, -0.1) is 0 Å². The van der Waals surface area contributed by atoms with Gasteiger partial charge in [0.1, 0.15) is 5.75 Å². The lowest BCUT2D eigenvalue weighted by atomic mass is 10.1. The average molecular weight is 292 g/mol. The number of hydrogen-bond acceptors (Lipinski definition) is 3. The standard InChI is InChI=1S/C17H28N2O2/c1-12-10-13(2)14(3)16(11-12)21-15(4)17(20)18-8-7-9-19(5)6/h10-11,15H,7-9H2,1-6H3,(H,18,20)/t15-/m0/s1. The summed E-state index contributed by atoms with van der Waals surface area (Å²) in [5, 5.41) is 2.92. The number of carbonyl (C=O) groups excluding carboxylic acids is 1. The van der Waals surface area contributed by atoms with E-state index in [-0.39, 0.29) is 5.91 Å². The van der Waals surface area contributed by atoms with Crippen LogP contribution in [0.2, 0.25) is 0 Å². The minimum atomic E-state index is -0.482. The van der Waals surface area contributed by atoms with Crippen LogP contribution >= 0.6 is 0 Å². The molecule has 1 atom stereocenters. The molecule has 1 amide bonds. The van der Waals surface area contributed by atoms with Crippen LogP contribution in [0.15, 0.2) is 12.1 Å². The van der Waals surface area contributed by atoms with Gasteiger partial charge in [0.25, 0.3) is 5.91 Å². The van der Waals surface area contributed by atoms with Gasteiger partial charge >= 0.3 is 0 Å². The molecular weight excluding hydrogens is 264 g/mol. The number of nitrogens with zero attached hydrogens (tertiary/aromatic N) is 1. The maximum atomic E-state index is 12.0. The van der Waals surface area contributed by atoms with Crippen LogP contribution in [0.25, 0.3) is 0 Å². The molecule has 0 saturated heterocycles. The van der Waals surface area contributed by atoms with Crippen LogP contribution in [-0.4, -0.2) is 44.1 Å². The molecule has 0 fully saturated rings. The molecule has 0 unspecified atom stereocenters. The first-order chi connectivity index (χ1) is 9.81. The summed E-state index contributed by atoms with van der Waals surface area (Å²) < 4.78 is 5.82. The fourth-order valence-electron chi connectivity index (χ4n) is 2.12. The van der Waals surface area contributed by atoms with Crippen molar-refractivity contribution in [3.8, 4) is 5.75 Å². The van der Waals surface area contributed by atoms with Crippen molar-refractivity contribution in [3.05, 3.63) is 28.8 Å². The third kappa shape index (κ3) is 5.76. The highest BCUT2D eigenvalue weighted by atomic mass is 16.5. The summed E-state index contributed by atoms with van der Waals surface area (Å²) in [5.41, 5.74) is 3.42. The molecule has 1 N–H and O–H groups in total. The zero-order valence-electron chi connectivity index (χ0n) is 14.1. The largest absolute Gasteiger partial charge is 0.481 e. The van der Waals surface area contributed by atoms with Crippen LogP contribution in [0.5, 0.6) is 5.75 Å². The summed E-state index contributed by atoms with van der Waals surface area (Å²) in [6.45, 7) is 9.54. The van der Waals surface area contributed by atoms with Crippen molar-refractivity contribution in [3.63, 3.8) is 0 Å². The lowest BCUT2D eigenvalue weighted by molar-refractivity contribution is -0.127. The van der Waals surface area contributed by atoms with Crippen molar-refractivity contribution in [1.29, 1.82) is 0 Å². The van der Waals surface area contributed by atoms with Gasteiger partial charge in [0.2, 0.25) is 0 Å². The van der Waals surface area contributed by atoms with Gasteiger partial charge in [-0.05, 0) is 77.5 Å². The molecule has 118 valence electrons. The Balaban J connectivity index is 2.53. The van der Waals surface area contributed by atoms with E-state index in [1.165, 1.54) is 5.56 Å². The fourth-order valence-corrected chi connectivity index (χ4v) is 2.12. The van der Waals surface area contributed by atoms with Crippen molar-refractivity contribution in [2.75, 3.05) is 27.2 Å². The molecule has 1 aromatic rings.